The van der Waals surface area contributed by atoms with Gasteiger partial charge in [-0.25, -0.2) is 0 Å². The molecule has 0 aromatic rings. The lowest BCUT2D eigenvalue weighted by atomic mass is 10.1. The van der Waals surface area contributed by atoms with Gasteiger partial charge in [0.05, 0.1) is 25.2 Å². The van der Waals surface area contributed by atoms with Gasteiger partial charge < -0.3 is 20.5 Å². The summed E-state index contributed by atoms with van der Waals surface area (Å²) >= 11 is 0. The number of carbonyl (C=O) groups excluding carboxylic acids is 1. The molecule has 1 amide bonds. The van der Waals surface area contributed by atoms with Crippen LogP contribution in [0, 0.1) is 0 Å². The van der Waals surface area contributed by atoms with Gasteiger partial charge in [0.2, 0.25) is 5.91 Å². The van der Waals surface area contributed by atoms with Crippen LogP contribution in [-0.4, -0.2) is 53.7 Å². The molecule has 1 fully saturated rings. The van der Waals surface area contributed by atoms with Crippen LogP contribution in [0.1, 0.15) is 26.2 Å². The van der Waals surface area contributed by atoms with Crippen LogP contribution in [0.15, 0.2) is 0 Å². The highest BCUT2D eigenvalue weighted by molar-refractivity contribution is 5.81. The number of rotatable bonds is 5. The van der Waals surface area contributed by atoms with Crippen LogP contribution in [0.3, 0.4) is 0 Å². The third kappa shape index (κ3) is 4.32. The molecule has 0 radical (unpaired) electrons. The molecule has 1 aliphatic rings. The lowest BCUT2D eigenvalue weighted by Gasteiger charge is -2.33. The third-order valence-corrected chi connectivity index (χ3v) is 2.77. The summed E-state index contributed by atoms with van der Waals surface area (Å²) in [6.45, 7) is 3.16. The molecule has 17 heavy (non-hydrogen) atoms. The van der Waals surface area contributed by atoms with Crippen LogP contribution in [-0.2, 0) is 14.3 Å². The van der Waals surface area contributed by atoms with Crippen LogP contribution < -0.4 is 5.73 Å². The van der Waals surface area contributed by atoms with Gasteiger partial charge in [0.15, 0.2) is 0 Å². The number of amides is 1. The molecular weight excluding hydrogens is 224 g/mol. The van der Waals surface area contributed by atoms with Crippen molar-refractivity contribution in [2.75, 3.05) is 19.7 Å². The number of morpholine rings is 1. The first-order valence-corrected chi connectivity index (χ1v) is 5.92. The Morgan fingerprint density at radius 1 is 1.59 bits per heavy atom. The molecule has 6 heteroatoms. The van der Waals surface area contributed by atoms with Gasteiger partial charge in [-0.15, -0.1) is 0 Å². The van der Waals surface area contributed by atoms with Crippen LogP contribution in [0.25, 0.3) is 0 Å². The van der Waals surface area contributed by atoms with E-state index in [2.05, 4.69) is 0 Å². The Labute approximate surface area is 101 Å². The molecule has 6 nitrogen and oxygen atoms in total. The monoisotopic (exact) mass is 244 g/mol. The Bertz CT molecular complexity index is 283. The predicted octanol–water partition coefficient (Wildman–Crippen LogP) is -0.184. The molecule has 0 aromatic heterocycles. The highest BCUT2D eigenvalue weighted by Gasteiger charge is 2.28. The number of carbonyl (C=O) groups is 2. The van der Waals surface area contributed by atoms with Crippen LogP contribution in [0.5, 0.6) is 0 Å². The van der Waals surface area contributed by atoms with Crippen molar-refractivity contribution in [1.29, 1.82) is 0 Å². The summed E-state index contributed by atoms with van der Waals surface area (Å²) in [6, 6.07) is -0.483. The van der Waals surface area contributed by atoms with E-state index in [4.69, 9.17) is 15.6 Å². The molecule has 0 saturated carbocycles. The summed E-state index contributed by atoms with van der Waals surface area (Å²) in [5.74, 6) is -1.02. The first-order chi connectivity index (χ1) is 8.04. The van der Waals surface area contributed by atoms with Gasteiger partial charge in [-0.1, -0.05) is 13.3 Å². The summed E-state index contributed by atoms with van der Waals surface area (Å²) in [7, 11) is 0. The zero-order valence-electron chi connectivity index (χ0n) is 10.1. The normalized spacial score (nSPS) is 22.2. The second-order valence-corrected chi connectivity index (χ2v) is 4.27. The predicted molar refractivity (Wildman–Crippen MR) is 61.5 cm³/mol. The number of aliphatic carboxylic acids is 1. The van der Waals surface area contributed by atoms with E-state index < -0.39 is 18.1 Å². The molecule has 1 heterocycles. The number of hydrogen-bond acceptors (Lipinski definition) is 4. The average Bonchev–Trinajstić information content (AvgIpc) is 2.28. The van der Waals surface area contributed by atoms with E-state index >= 15 is 0 Å². The van der Waals surface area contributed by atoms with Crippen molar-refractivity contribution in [3.8, 4) is 0 Å². The number of nitrogens with two attached hydrogens (primary N) is 1. The molecule has 3 N–H and O–H groups in total. The fourth-order valence-corrected chi connectivity index (χ4v) is 1.91. The summed E-state index contributed by atoms with van der Waals surface area (Å²) in [5.41, 5.74) is 5.76. The molecule has 1 saturated heterocycles. The van der Waals surface area contributed by atoms with Crippen molar-refractivity contribution >= 4 is 11.9 Å². The highest BCUT2D eigenvalue weighted by Crippen LogP contribution is 2.10. The van der Waals surface area contributed by atoms with Gasteiger partial charge in [-0.3, -0.25) is 9.59 Å². The Morgan fingerprint density at radius 2 is 2.29 bits per heavy atom. The van der Waals surface area contributed by atoms with Crippen molar-refractivity contribution in [1.82, 2.24) is 4.90 Å². The van der Waals surface area contributed by atoms with Crippen molar-refractivity contribution in [3.63, 3.8) is 0 Å². The highest BCUT2D eigenvalue weighted by atomic mass is 16.5. The molecule has 1 rings (SSSR count). The Morgan fingerprint density at radius 3 is 2.88 bits per heavy atom. The minimum absolute atomic E-state index is 0.0766. The van der Waals surface area contributed by atoms with E-state index in [1.807, 2.05) is 6.92 Å². The van der Waals surface area contributed by atoms with Gasteiger partial charge in [0.25, 0.3) is 0 Å². The van der Waals surface area contributed by atoms with E-state index in [-0.39, 0.29) is 12.3 Å². The maximum atomic E-state index is 11.9. The van der Waals surface area contributed by atoms with E-state index in [1.54, 1.807) is 4.90 Å². The van der Waals surface area contributed by atoms with E-state index in [1.165, 1.54) is 0 Å². The zero-order chi connectivity index (χ0) is 12.8. The fourth-order valence-electron chi connectivity index (χ4n) is 1.91. The van der Waals surface area contributed by atoms with Gasteiger partial charge >= 0.3 is 5.97 Å². The number of nitrogens with zero attached hydrogens (tertiary/aromatic N) is 1. The molecule has 2 atom stereocenters. The van der Waals surface area contributed by atoms with Crippen molar-refractivity contribution in [2.45, 2.75) is 38.3 Å². The van der Waals surface area contributed by atoms with Gasteiger partial charge in [-0.2, -0.15) is 0 Å². The molecule has 0 bridgehead atoms. The minimum atomic E-state index is -0.915. The number of carboxylic acid groups (broad SMARTS) is 1. The largest absolute Gasteiger partial charge is 0.481 e. The Balaban J connectivity index is 2.48. The Hall–Kier alpha value is -1.14. The molecular formula is C11H20N2O4. The van der Waals surface area contributed by atoms with Gasteiger partial charge in [0.1, 0.15) is 0 Å². The lowest BCUT2D eigenvalue weighted by Crippen LogP contribution is -2.51. The number of hydrogen-bond donors (Lipinski definition) is 2. The maximum absolute atomic E-state index is 11.9. The second-order valence-electron chi connectivity index (χ2n) is 4.27. The van der Waals surface area contributed by atoms with Crippen LogP contribution in [0.4, 0.5) is 0 Å². The summed E-state index contributed by atoms with van der Waals surface area (Å²) < 4.78 is 5.29. The molecule has 0 spiro atoms. The minimum Gasteiger partial charge on any atom is -0.481 e. The van der Waals surface area contributed by atoms with E-state index in [9.17, 15) is 9.59 Å². The van der Waals surface area contributed by atoms with E-state index in [0.29, 0.717) is 26.1 Å². The zero-order valence-corrected chi connectivity index (χ0v) is 10.1. The third-order valence-electron chi connectivity index (χ3n) is 2.77. The summed E-state index contributed by atoms with van der Waals surface area (Å²) in [6.07, 6.45) is 1.02. The fraction of sp³-hybridized carbons (Fsp3) is 0.818. The van der Waals surface area contributed by atoms with Crippen LogP contribution in [0.2, 0.25) is 0 Å². The topological polar surface area (TPSA) is 92.9 Å². The van der Waals surface area contributed by atoms with Gasteiger partial charge in [-0.05, 0) is 6.42 Å². The smallest absolute Gasteiger partial charge is 0.306 e. The molecule has 1 aliphatic heterocycles. The quantitative estimate of drug-likeness (QED) is 0.699. The SMILES string of the molecule is CCC[C@@H](N)C(=O)N1CCOC(CC(=O)O)C1. The molecule has 1 unspecified atom stereocenters. The first kappa shape index (κ1) is 13.9. The molecule has 98 valence electrons. The van der Waals surface area contributed by atoms with Gasteiger partial charge in [0, 0.05) is 13.1 Å². The van der Waals surface area contributed by atoms with Crippen LogP contribution >= 0.6 is 0 Å². The lowest BCUT2D eigenvalue weighted by molar-refractivity contribution is -0.148. The molecule has 0 aliphatic carbocycles. The van der Waals surface area contributed by atoms with Crippen molar-refractivity contribution in [2.24, 2.45) is 5.73 Å². The Kier molecular flexibility index (Phi) is 5.37. The average molecular weight is 244 g/mol. The number of carboxylic acids is 1. The molecule has 0 aromatic carbocycles. The standard InChI is InChI=1S/C11H20N2O4/c1-2-3-9(12)11(16)13-4-5-17-8(7-13)6-10(14)15/h8-9H,2-7,12H2,1H3,(H,14,15)/t8?,9-/m1/s1. The maximum Gasteiger partial charge on any atom is 0.306 e. The van der Waals surface area contributed by atoms with Crippen molar-refractivity contribution in [3.05, 3.63) is 0 Å². The van der Waals surface area contributed by atoms with E-state index in [0.717, 1.165) is 6.42 Å². The summed E-state index contributed by atoms with van der Waals surface area (Å²) in [5, 5.41) is 8.68. The second kappa shape index (κ2) is 6.56. The number of ether oxygens (including phenoxy) is 1. The first-order valence-electron chi connectivity index (χ1n) is 5.92. The summed E-state index contributed by atoms with van der Waals surface area (Å²) in [4.78, 5) is 24.1. The van der Waals surface area contributed by atoms with Crippen molar-refractivity contribution < 1.29 is 19.4 Å².